The lowest BCUT2D eigenvalue weighted by molar-refractivity contribution is 0.0963. The summed E-state index contributed by atoms with van der Waals surface area (Å²) in [6, 6.07) is 2.11. The van der Waals surface area contributed by atoms with Crippen LogP contribution in [0.3, 0.4) is 0 Å². The molecule has 0 atom stereocenters. The standard InChI is InChI=1S/C14H18N4OS/c1-3-6-17-13(19)12-11(16)10(7-15)14(20-12)18(2)8-9-4-5-9/h3,9H,1,4-6,8,16H2,2H3,(H,17,19). The minimum atomic E-state index is -0.255. The summed E-state index contributed by atoms with van der Waals surface area (Å²) in [6.07, 6.45) is 4.08. The maximum Gasteiger partial charge on any atom is 0.263 e. The average molecular weight is 290 g/mol. The molecule has 20 heavy (non-hydrogen) atoms. The van der Waals surface area contributed by atoms with E-state index in [9.17, 15) is 10.1 Å². The van der Waals surface area contributed by atoms with Crippen LogP contribution in [-0.4, -0.2) is 26.0 Å². The van der Waals surface area contributed by atoms with Crippen molar-refractivity contribution >= 4 is 27.9 Å². The van der Waals surface area contributed by atoms with Crippen LogP contribution < -0.4 is 16.0 Å². The maximum atomic E-state index is 12.0. The Kier molecular flexibility index (Phi) is 4.30. The molecule has 1 aromatic heterocycles. The molecule has 0 spiro atoms. The molecule has 1 aliphatic carbocycles. The van der Waals surface area contributed by atoms with Crippen molar-refractivity contribution in [1.29, 1.82) is 5.26 Å². The van der Waals surface area contributed by atoms with E-state index in [0.717, 1.165) is 11.5 Å². The van der Waals surface area contributed by atoms with Crippen molar-refractivity contribution < 1.29 is 4.79 Å². The summed E-state index contributed by atoms with van der Waals surface area (Å²) >= 11 is 1.28. The second-order valence-electron chi connectivity index (χ2n) is 4.96. The van der Waals surface area contributed by atoms with Crippen molar-refractivity contribution in [2.75, 3.05) is 30.8 Å². The number of amides is 1. The molecule has 1 fully saturated rings. The summed E-state index contributed by atoms with van der Waals surface area (Å²) in [6.45, 7) is 4.84. The van der Waals surface area contributed by atoms with Gasteiger partial charge in [0.25, 0.3) is 5.91 Å². The van der Waals surface area contributed by atoms with Gasteiger partial charge in [0.2, 0.25) is 0 Å². The number of hydrogen-bond acceptors (Lipinski definition) is 5. The van der Waals surface area contributed by atoms with Crippen LogP contribution in [0.25, 0.3) is 0 Å². The van der Waals surface area contributed by atoms with E-state index in [1.54, 1.807) is 6.08 Å². The SMILES string of the molecule is C=CCNC(=O)c1sc(N(C)CC2CC2)c(C#N)c1N. The molecule has 1 aromatic rings. The van der Waals surface area contributed by atoms with E-state index in [2.05, 4.69) is 18.0 Å². The first kappa shape index (κ1) is 14.4. The lowest BCUT2D eigenvalue weighted by Crippen LogP contribution is -2.23. The number of nitrogens with zero attached hydrogens (tertiary/aromatic N) is 2. The Bertz CT molecular complexity index is 568. The molecule has 5 nitrogen and oxygen atoms in total. The zero-order valence-corrected chi connectivity index (χ0v) is 12.3. The third-order valence-electron chi connectivity index (χ3n) is 3.23. The minimum Gasteiger partial charge on any atom is -0.396 e. The van der Waals surface area contributed by atoms with Crippen LogP contribution in [0.5, 0.6) is 0 Å². The van der Waals surface area contributed by atoms with Gasteiger partial charge in [0.05, 0.1) is 5.69 Å². The first-order chi connectivity index (χ1) is 9.58. The summed E-state index contributed by atoms with van der Waals surface area (Å²) in [5.74, 6) is 0.447. The number of hydrogen-bond donors (Lipinski definition) is 2. The lowest BCUT2D eigenvalue weighted by Gasteiger charge is -2.16. The number of carbonyl (C=O) groups is 1. The van der Waals surface area contributed by atoms with Crippen LogP contribution in [-0.2, 0) is 0 Å². The van der Waals surface area contributed by atoms with Crippen LogP contribution >= 0.6 is 11.3 Å². The predicted molar refractivity (Wildman–Crippen MR) is 82.0 cm³/mol. The van der Waals surface area contributed by atoms with Crippen LogP contribution in [0.2, 0.25) is 0 Å². The molecule has 0 saturated heterocycles. The monoisotopic (exact) mass is 290 g/mol. The summed E-state index contributed by atoms with van der Waals surface area (Å²) in [4.78, 5) is 14.4. The van der Waals surface area contributed by atoms with Gasteiger partial charge < -0.3 is 16.0 Å². The number of nitrogens with two attached hydrogens (primary N) is 1. The number of nitrogens with one attached hydrogen (secondary N) is 1. The van der Waals surface area contributed by atoms with Crippen molar-refractivity contribution in [2.45, 2.75) is 12.8 Å². The predicted octanol–water partition coefficient (Wildman–Crippen LogP) is 1.96. The number of thiophene rings is 1. The van der Waals surface area contributed by atoms with E-state index in [4.69, 9.17) is 5.73 Å². The third kappa shape index (κ3) is 2.94. The molecule has 0 radical (unpaired) electrons. The van der Waals surface area contributed by atoms with Crippen LogP contribution in [0.15, 0.2) is 12.7 Å². The zero-order valence-electron chi connectivity index (χ0n) is 11.5. The van der Waals surface area contributed by atoms with Gasteiger partial charge in [0, 0.05) is 20.1 Å². The Balaban J connectivity index is 2.25. The van der Waals surface area contributed by atoms with Crippen LogP contribution in [0.4, 0.5) is 10.7 Å². The summed E-state index contributed by atoms with van der Waals surface area (Å²) in [7, 11) is 1.94. The molecule has 0 unspecified atom stereocenters. The number of rotatable bonds is 6. The van der Waals surface area contributed by atoms with Gasteiger partial charge in [0.15, 0.2) is 0 Å². The molecular weight excluding hydrogens is 272 g/mol. The highest BCUT2D eigenvalue weighted by atomic mass is 32.1. The average Bonchev–Trinajstić information content (AvgIpc) is 3.17. The molecule has 1 heterocycles. The molecule has 0 aliphatic heterocycles. The Morgan fingerprint density at radius 3 is 2.95 bits per heavy atom. The molecule has 3 N–H and O–H groups in total. The lowest BCUT2D eigenvalue weighted by atomic mass is 10.2. The normalized spacial score (nSPS) is 13.6. The Morgan fingerprint density at radius 1 is 1.70 bits per heavy atom. The summed E-state index contributed by atoms with van der Waals surface area (Å²) in [5, 5.41) is 12.7. The zero-order chi connectivity index (χ0) is 14.7. The van der Waals surface area contributed by atoms with E-state index >= 15 is 0 Å². The number of nitrogen functional groups attached to an aromatic ring is 1. The molecule has 1 aliphatic rings. The fourth-order valence-corrected chi connectivity index (χ4v) is 3.05. The summed E-state index contributed by atoms with van der Waals surface area (Å²) in [5.41, 5.74) is 6.63. The molecule has 1 saturated carbocycles. The smallest absolute Gasteiger partial charge is 0.263 e. The number of carbonyl (C=O) groups excluding carboxylic acids is 1. The van der Waals surface area contributed by atoms with Gasteiger partial charge in [-0.05, 0) is 18.8 Å². The molecule has 1 amide bonds. The van der Waals surface area contributed by atoms with Crippen LogP contribution in [0, 0.1) is 17.2 Å². The van der Waals surface area contributed by atoms with Crippen LogP contribution in [0.1, 0.15) is 28.1 Å². The third-order valence-corrected chi connectivity index (χ3v) is 4.55. The molecule has 0 aromatic carbocycles. The topological polar surface area (TPSA) is 82.2 Å². The van der Waals surface area contributed by atoms with Gasteiger partial charge in [-0.2, -0.15) is 5.26 Å². The van der Waals surface area contributed by atoms with E-state index in [1.807, 2.05) is 11.9 Å². The Labute approximate surface area is 122 Å². The van der Waals surface area contributed by atoms with Gasteiger partial charge in [-0.1, -0.05) is 6.08 Å². The van der Waals surface area contributed by atoms with Gasteiger partial charge >= 0.3 is 0 Å². The van der Waals surface area contributed by atoms with E-state index in [1.165, 1.54) is 24.2 Å². The number of nitriles is 1. The number of anilines is 2. The quantitative estimate of drug-likeness (QED) is 0.785. The van der Waals surface area contributed by atoms with Crippen molar-refractivity contribution in [3.8, 4) is 6.07 Å². The van der Waals surface area contributed by atoms with Crippen molar-refractivity contribution in [3.63, 3.8) is 0 Å². The second-order valence-corrected chi connectivity index (χ2v) is 5.96. The highest BCUT2D eigenvalue weighted by molar-refractivity contribution is 7.19. The molecular formula is C14H18N4OS. The molecule has 106 valence electrons. The highest BCUT2D eigenvalue weighted by Crippen LogP contribution is 2.39. The van der Waals surface area contributed by atoms with E-state index in [-0.39, 0.29) is 11.6 Å². The Hall–Kier alpha value is -2.00. The molecule has 2 rings (SSSR count). The molecule has 0 bridgehead atoms. The van der Waals surface area contributed by atoms with Crippen molar-refractivity contribution in [2.24, 2.45) is 5.92 Å². The van der Waals surface area contributed by atoms with Crippen molar-refractivity contribution in [1.82, 2.24) is 5.32 Å². The molecule has 6 heteroatoms. The highest BCUT2D eigenvalue weighted by Gasteiger charge is 2.27. The van der Waals surface area contributed by atoms with Gasteiger partial charge in [-0.3, -0.25) is 4.79 Å². The largest absolute Gasteiger partial charge is 0.396 e. The summed E-state index contributed by atoms with van der Waals surface area (Å²) < 4.78 is 0. The van der Waals surface area contributed by atoms with E-state index < -0.39 is 0 Å². The Morgan fingerprint density at radius 2 is 2.40 bits per heavy atom. The first-order valence-electron chi connectivity index (χ1n) is 6.51. The van der Waals surface area contributed by atoms with Crippen molar-refractivity contribution in [3.05, 3.63) is 23.1 Å². The fourth-order valence-electron chi connectivity index (χ4n) is 1.99. The minimum absolute atomic E-state index is 0.255. The van der Waals surface area contributed by atoms with Gasteiger partial charge in [0.1, 0.15) is 21.5 Å². The van der Waals surface area contributed by atoms with Gasteiger partial charge in [-0.15, -0.1) is 17.9 Å². The second kappa shape index (κ2) is 5.97. The van der Waals surface area contributed by atoms with Gasteiger partial charge in [-0.25, -0.2) is 0 Å². The maximum absolute atomic E-state index is 12.0. The first-order valence-corrected chi connectivity index (χ1v) is 7.32. The van der Waals surface area contributed by atoms with E-state index in [0.29, 0.717) is 22.9 Å². The fraction of sp³-hybridized carbons (Fsp3) is 0.429.